The van der Waals surface area contributed by atoms with Gasteiger partial charge in [-0.15, -0.1) is 0 Å². The maximum Gasteiger partial charge on any atom is 0.303 e. The van der Waals surface area contributed by atoms with Crippen molar-refractivity contribution in [3.63, 3.8) is 0 Å². The van der Waals surface area contributed by atoms with Crippen LogP contribution in [-0.4, -0.2) is 59.6 Å². The van der Waals surface area contributed by atoms with E-state index in [9.17, 15) is 4.79 Å². The molecule has 1 N–H and O–H groups in total. The SMILES string of the molecule is CC1CN(C)CC(CCC(=O)O)N(C2CCCC2)C1. The molecule has 0 aromatic heterocycles. The molecule has 0 bridgehead atoms. The summed E-state index contributed by atoms with van der Waals surface area (Å²) in [7, 11) is 2.17. The maximum atomic E-state index is 10.9. The highest BCUT2D eigenvalue weighted by Crippen LogP contribution is 2.29. The van der Waals surface area contributed by atoms with Gasteiger partial charge >= 0.3 is 5.97 Å². The van der Waals surface area contributed by atoms with E-state index in [1.165, 1.54) is 25.7 Å². The minimum absolute atomic E-state index is 0.302. The van der Waals surface area contributed by atoms with Crippen LogP contribution in [0.3, 0.4) is 0 Å². The van der Waals surface area contributed by atoms with E-state index < -0.39 is 5.97 Å². The van der Waals surface area contributed by atoms with E-state index in [0.29, 0.717) is 24.4 Å². The van der Waals surface area contributed by atoms with E-state index in [1.807, 2.05) is 0 Å². The predicted octanol–water partition coefficient (Wildman–Crippen LogP) is 2.05. The Morgan fingerprint density at radius 2 is 1.89 bits per heavy atom. The zero-order valence-electron chi connectivity index (χ0n) is 12.3. The van der Waals surface area contributed by atoms with Crippen LogP contribution >= 0.6 is 0 Å². The fourth-order valence-corrected chi connectivity index (χ4v) is 3.87. The quantitative estimate of drug-likeness (QED) is 0.847. The van der Waals surface area contributed by atoms with Gasteiger partial charge in [-0.1, -0.05) is 19.8 Å². The lowest BCUT2D eigenvalue weighted by Gasteiger charge is -2.36. The number of hydrogen-bond acceptors (Lipinski definition) is 3. The number of rotatable bonds is 4. The number of aliphatic carboxylic acids is 1. The van der Waals surface area contributed by atoms with Crippen LogP contribution in [0.15, 0.2) is 0 Å². The third kappa shape index (κ3) is 4.18. The summed E-state index contributed by atoms with van der Waals surface area (Å²) in [5.41, 5.74) is 0. The second-order valence-corrected chi connectivity index (χ2v) is 6.55. The molecule has 2 unspecified atom stereocenters. The zero-order chi connectivity index (χ0) is 13.8. The lowest BCUT2D eigenvalue weighted by molar-refractivity contribution is -0.137. The molecule has 0 aromatic rings. The number of nitrogens with zero attached hydrogens (tertiary/aromatic N) is 2. The van der Waals surface area contributed by atoms with Crippen molar-refractivity contribution in [3.8, 4) is 0 Å². The molecule has 1 saturated carbocycles. The van der Waals surface area contributed by atoms with Gasteiger partial charge in [0.15, 0.2) is 0 Å². The van der Waals surface area contributed by atoms with E-state index >= 15 is 0 Å². The first kappa shape index (κ1) is 14.8. The molecule has 2 rings (SSSR count). The molecule has 0 radical (unpaired) electrons. The molecule has 1 heterocycles. The van der Waals surface area contributed by atoms with Crippen LogP contribution in [0, 0.1) is 5.92 Å². The zero-order valence-corrected chi connectivity index (χ0v) is 12.3. The van der Waals surface area contributed by atoms with Crippen molar-refractivity contribution in [1.29, 1.82) is 0 Å². The minimum atomic E-state index is -0.661. The van der Waals surface area contributed by atoms with E-state index in [1.54, 1.807) is 0 Å². The number of carboxylic acid groups (broad SMARTS) is 1. The molecule has 2 atom stereocenters. The van der Waals surface area contributed by atoms with Crippen LogP contribution in [0.5, 0.6) is 0 Å². The molecule has 4 nitrogen and oxygen atoms in total. The van der Waals surface area contributed by atoms with E-state index in [4.69, 9.17) is 5.11 Å². The first-order valence-electron chi connectivity index (χ1n) is 7.72. The second-order valence-electron chi connectivity index (χ2n) is 6.55. The normalized spacial score (nSPS) is 31.5. The number of carboxylic acids is 1. The Bertz CT molecular complexity index is 303. The Labute approximate surface area is 116 Å². The Morgan fingerprint density at radius 3 is 2.53 bits per heavy atom. The van der Waals surface area contributed by atoms with Gasteiger partial charge < -0.3 is 10.0 Å². The van der Waals surface area contributed by atoms with Gasteiger partial charge in [0.25, 0.3) is 0 Å². The third-order valence-electron chi connectivity index (χ3n) is 4.62. The largest absolute Gasteiger partial charge is 0.481 e. The summed E-state index contributed by atoms with van der Waals surface area (Å²) in [5, 5.41) is 8.95. The molecule has 2 aliphatic rings. The lowest BCUT2D eigenvalue weighted by Crippen LogP contribution is -2.46. The topological polar surface area (TPSA) is 43.8 Å². The molecule has 0 amide bonds. The van der Waals surface area contributed by atoms with Gasteiger partial charge in [0.05, 0.1) is 0 Å². The van der Waals surface area contributed by atoms with Gasteiger partial charge in [0.1, 0.15) is 0 Å². The van der Waals surface area contributed by atoms with Gasteiger partial charge in [-0.3, -0.25) is 9.69 Å². The monoisotopic (exact) mass is 268 g/mol. The Kier molecular flexibility index (Phi) is 5.22. The second kappa shape index (κ2) is 6.71. The van der Waals surface area contributed by atoms with Crippen molar-refractivity contribution in [3.05, 3.63) is 0 Å². The summed E-state index contributed by atoms with van der Waals surface area (Å²) in [6.45, 7) is 5.61. The Hall–Kier alpha value is -0.610. The average Bonchev–Trinajstić information content (AvgIpc) is 2.80. The van der Waals surface area contributed by atoms with Gasteiger partial charge in [-0.25, -0.2) is 0 Å². The summed E-state index contributed by atoms with van der Waals surface area (Å²) in [4.78, 5) is 15.9. The van der Waals surface area contributed by atoms with Crippen molar-refractivity contribution in [1.82, 2.24) is 9.80 Å². The van der Waals surface area contributed by atoms with Crippen LogP contribution in [-0.2, 0) is 4.79 Å². The summed E-state index contributed by atoms with van der Waals surface area (Å²) in [6.07, 6.45) is 6.40. The van der Waals surface area contributed by atoms with Crippen LogP contribution in [0.25, 0.3) is 0 Å². The van der Waals surface area contributed by atoms with Crippen molar-refractivity contribution in [2.45, 2.75) is 57.5 Å². The predicted molar refractivity (Wildman–Crippen MR) is 76.3 cm³/mol. The summed E-state index contributed by atoms with van der Waals surface area (Å²) in [6, 6.07) is 1.13. The first-order chi connectivity index (χ1) is 9.06. The third-order valence-corrected chi connectivity index (χ3v) is 4.62. The van der Waals surface area contributed by atoms with Crippen molar-refractivity contribution >= 4 is 5.97 Å². The Morgan fingerprint density at radius 1 is 1.21 bits per heavy atom. The van der Waals surface area contributed by atoms with Crippen LogP contribution in [0.2, 0.25) is 0 Å². The van der Waals surface area contributed by atoms with Gasteiger partial charge in [-0.2, -0.15) is 0 Å². The molecule has 0 aromatic carbocycles. The fourth-order valence-electron chi connectivity index (χ4n) is 3.87. The molecular formula is C15H28N2O2. The van der Waals surface area contributed by atoms with Gasteiger partial charge in [0.2, 0.25) is 0 Å². The molecular weight excluding hydrogens is 240 g/mol. The standard InChI is InChI=1S/C15H28N2O2/c1-12-9-16(2)11-14(7-8-15(18)19)17(10-12)13-5-3-4-6-13/h12-14H,3-11H2,1-2H3,(H,18,19). The molecule has 1 aliphatic heterocycles. The molecule has 110 valence electrons. The summed E-state index contributed by atoms with van der Waals surface area (Å²) < 4.78 is 0. The fraction of sp³-hybridized carbons (Fsp3) is 0.933. The highest BCUT2D eigenvalue weighted by molar-refractivity contribution is 5.66. The molecule has 1 aliphatic carbocycles. The molecule has 19 heavy (non-hydrogen) atoms. The number of carbonyl (C=O) groups is 1. The Balaban J connectivity index is 2.04. The molecule has 2 fully saturated rings. The lowest BCUT2D eigenvalue weighted by atomic mass is 10.0. The van der Waals surface area contributed by atoms with Crippen molar-refractivity contribution in [2.24, 2.45) is 5.92 Å². The van der Waals surface area contributed by atoms with E-state index in [0.717, 1.165) is 26.1 Å². The molecule has 1 saturated heterocycles. The summed E-state index contributed by atoms with van der Waals surface area (Å²) in [5.74, 6) is 0.0201. The maximum absolute atomic E-state index is 10.9. The minimum Gasteiger partial charge on any atom is -0.481 e. The van der Waals surface area contributed by atoms with E-state index in [-0.39, 0.29) is 0 Å². The van der Waals surface area contributed by atoms with Crippen molar-refractivity contribution < 1.29 is 9.90 Å². The smallest absolute Gasteiger partial charge is 0.303 e. The van der Waals surface area contributed by atoms with Crippen LogP contribution < -0.4 is 0 Å². The average molecular weight is 268 g/mol. The van der Waals surface area contributed by atoms with Crippen molar-refractivity contribution in [2.75, 3.05) is 26.7 Å². The molecule has 4 heteroatoms. The van der Waals surface area contributed by atoms with Gasteiger partial charge in [0, 0.05) is 38.1 Å². The highest BCUT2D eigenvalue weighted by Gasteiger charge is 2.33. The van der Waals surface area contributed by atoms with Crippen LogP contribution in [0.1, 0.15) is 45.4 Å². The summed E-state index contributed by atoms with van der Waals surface area (Å²) >= 11 is 0. The number of hydrogen-bond donors (Lipinski definition) is 1. The first-order valence-corrected chi connectivity index (χ1v) is 7.72. The van der Waals surface area contributed by atoms with E-state index in [2.05, 4.69) is 23.8 Å². The number of likely N-dealkylation sites (N-methyl/N-ethyl adjacent to an activating group) is 1. The highest BCUT2D eigenvalue weighted by atomic mass is 16.4. The van der Waals surface area contributed by atoms with Crippen LogP contribution in [0.4, 0.5) is 0 Å². The molecule has 0 spiro atoms. The van der Waals surface area contributed by atoms with Gasteiger partial charge in [-0.05, 0) is 32.2 Å².